The fourth-order valence-electron chi connectivity index (χ4n) is 3.79. The lowest BCUT2D eigenvalue weighted by Gasteiger charge is -2.35. The van der Waals surface area contributed by atoms with E-state index in [4.69, 9.17) is 0 Å². The van der Waals surface area contributed by atoms with Crippen LogP contribution in [0, 0.1) is 5.41 Å². The molecule has 7 heteroatoms. The molecule has 1 aromatic carbocycles. The van der Waals surface area contributed by atoms with E-state index >= 15 is 0 Å². The first kappa shape index (κ1) is 20.2. The Morgan fingerprint density at radius 3 is 1.96 bits per heavy atom. The van der Waals surface area contributed by atoms with Gasteiger partial charge in [-0.25, -0.2) is 0 Å². The third kappa shape index (κ3) is 3.98. The Morgan fingerprint density at radius 2 is 1.50 bits per heavy atom. The Bertz CT molecular complexity index is 731. The van der Waals surface area contributed by atoms with E-state index in [-0.39, 0.29) is 17.7 Å². The molecule has 1 N–H and O–H groups in total. The number of hydrogen-bond acceptors (Lipinski definition) is 4. The number of nitrogens with zero attached hydrogens (tertiary/aromatic N) is 3. The van der Waals surface area contributed by atoms with Crippen molar-refractivity contribution in [3.8, 4) is 0 Å². The van der Waals surface area contributed by atoms with E-state index in [0.29, 0.717) is 44.7 Å². The van der Waals surface area contributed by atoms with Crippen molar-refractivity contribution in [2.24, 2.45) is 5.41 Å². The first-order valence-corrected chi connectivity index (χ1v) is 10.1. The van der Waals surface area contributed by atoms with E-state index in [0.717, 1.165) is 18.8 Å². The predicted octanol–water partition coefficient (Wildman–Crippen LogP) is 1.94. The van der Waals surface area contributed by atoms with Gasteiger partial charge in [0.25, 0.3) is 0 Å². The molecule has 1 heterocycles. The maximum atomic E-state index is 13.0. The average Bonchev–Trinajstić information content (AvgIpc) is 3.52. The van der Waals surface area contributed by atoms with Gasteiger partial charge in [0.2, 0.25) is 17.7 Å². The summed E-state index contributed by atoms with van der Waals surface area (Å²) in [7, 11) is 0. The highest BCUT2D eigenvalue weighted by Crippen LogP contribution is 2.48. The molecule has 2 fully saturated rings. The molecule has 0 spiro atoms. The van der Waals surface area contributed by atoms with Crippen LogP contribution in [0.4, 0.5) is 11.4 Å². The van der Waals surface area contributed by atoms with Gasteiger partial charge in [0.1, 0.15) is 5.41 Å². The van der Waals surface area contributed by atoms with Crippen molar-refractivity contribution in [2.45, 2.75) is 33.6 Å². The molecule has 0 unspecified atom stereocenters. The van der Waals surface area contributed by atoms with Crippen LogP contribution in [0.25, 0.3) is 0 Å². The first-order chi connectivity index (χ1) is 13.4. The molecule has 2 aliphatic rings. The maximum Gasteiger partial charge on any atom is 0.240 e. The predicted molar refractivity (Wildman–Crippen MR) is 109 cm³/mol. The maximum absolute atomic E-state index is 13.0. The zero-order valence-electron chi connectivity index (χ0n) is 17.0. The van der Waals surface area contributed by atoms with Crippen LogP contribution in [0.3, 0.4) is 0 Å². The topological polar surface area (TPSA) is 73.0 Å². The van der Waals surface area contributed by atoms with Gasteiger partial charge < -0.3 is 20.0 Å². The fraction of sp³-hybridized carbons (Fsp3) is 0.571. The molecule has 0 atom stereocenters. The molecule has 0 bridgehead atoms. The van der Waals surface area contributed by atoms with Gasteiger partial charge in [-0.05, 0) is 51.0 Å². The quantitative estimate of drug-likeness (QED) is 0.759. The van der Waals surface area contributed by atoms with Crippen molar-refractivity contribution >= 4 is 29.1 Å². The standard InChI is InChI=1S/C21H30N4O3/c1-4-23(5-2)18-8-6-17(7-9-18)22-19(27)21(10-11-21)20(28)25-14-12-24(13-15-25)16(3)26/h6-9H,4-5,10-15H2,1-3H3,(H,22,27). The zero-order chi connectivity index (χ0) is 20.3. The van der Waals surface area contributed by atoms with Crippen LogP contribution >= 0.6 is 0 Å². The van der Waals surface area contributed by atoms with Gasteiger partial charge in [-0.15, -0.1) is 0 Å². The van der Waals surface area contributed by atoms with Crippen molar-refractivity contribution in [1.82, 2.24) is 9.80 Å². The number of anilines is 2. The van der Waals surface area contributed by atoms with Gasteiger partial charge in [0.05, 0.1) is 0 Å². The Kier molecular flexibility index (Phi) is 5.91. The third-order valence-corrected chi connectivity index (χ3v) is 5.86. The number of piperazine rings is 1. The number of nitrogens with one attached hydrogen (secondary N) is 1. The van der Waals surface area contributed by atoms with Crippen LogP contribution in [-0.4, -0.2) is 66.8 Å². The van der Waals surface area contributed by atoms with Crippen molar-refractivity contribution in [1.29, 1.82) is 0 Å². The molecule has 3 rings (SSSR count). The summed E-state index contributed by atoms with van der Waals surface area (Å²) in [6.45, 7) is 9.66. The second-order valence-corrected chi connectivity index (χ2v) is 7.55. The number of amides is 3. The molecule has 1 saturated heterocycles. The lowest BCUT2D eigenvalue weighted by atomic mass is 10.0. The zero-order valence-corrected chi connectivity index (χ0v) is 17.0. The number of carbonyl (C=O) groups excluding carboxylic acids is 3. The van der Waals surface area contributed by atoms with E-state index in [1.165, 1.54) is 0 Å². The smallest absolute Gasteiger partial charge is 0.240 e. The van der Waals surface area contributed by atoms with Gasteiger partial charge in [-0.1, -0.05) is 0 Å². The second kappa shape index (κ2) is 8.20. The first-order valence-electron chi connectivity index (χ1n) is 10.1. The summed E-state index contributed by atoms with van der Waals surface area (Å²) in [5, 5.41) is 2.92. The van der Waals surface area contributed by atoms with Crippen molar-refractivity contribution < 1.29 is 14.4 Å². The van der Waals surface area contributed by atoms with E-state index in [1.54, 1.807) is 16.7 Å². The molecule has 152 valence electrons. The summed E-state index contributed by atoms with van der Waals surface area (Å²) in [5.41, 5.74) is 0.889. The highest BCUT2D eigenvalue weighted by atomic mass is 16.2. The Labute approximate surface area is 166 Å². The summed E-state index contributed by atoms with van der Waals surface area (Å²) in [6.07, 6.45) is 1.17. The molecule has 1 aromatic rings. The average molecular weight is 386 g/mol. The molecule has 0 aromatic heterocycles. The van der Waals surface area contributed by atoms with E-state index < -0.39 is 5.41 Å². The number of benzene rings is 1. The number of hydrogen-bond donors (Lipinski definition) is 1. The largest absolute Gasteiger partial charge is 0.372 e. The van der Waals surface area contributed by atoms with Gasteiger partial charge in [0.15, 0.2) is 0 Å². The van der Waals surface area contributed by atoms with E-state index in [9.17, 15) is 14.4 Å². The highest BCUT2D eigenvalue weighted by molar-refractivity contribution is 6.13. The molecule has 1 saturated carbocycles. The molecule has 1 aliphatic carbocycles. The Hall–Kier alpha value is -2.57. The van der Waals surface area contributed by atoms with Crippen LogP contribution in [0.15, 0.2) is 24.3 Å². The minimum Gasteiger partial charge on any atom is -0.372 e. The van der Waals surface area contributed by atoms with Gasteiger partial charge in [-0.2, -0.15) is 0 Å². The SMILES string of the molecule is CCN(CC)c1ccc(NC(=O)C2(C(=O)N3CCN(C(C)=O)CC3)CC2)cc1. The van der Waals surface area contributed by atoms with Gasteiger partial charge >= 0.3 is 0 Å². The van der Waals surface area contributed by atoms with Crippen molar-refractivity contribution in [2.75, 3.05) is 49.5 Å². The van der Waals surface area contributed by atoms with Crippen LogP contribution in [0.1, 0.15) is 33.6 Å². The second-order valence-electron chi connectivity index (χ2n) is 7.55. The van der Waals surface area contributed by atoms with Crippen LogP contribution in [0.5, 0.6) is 0 Å². The highest BCUT2D eigenvalue weighted by Gasteiger charge is 2.58. The summed E-state index contributed by atoms with van der Waals surface area (Å²) in [5.74, 6) is -0.297. The molecule has 1 aliphatic heterocycles. The van der Waals surface area contributed by atoms with Gasteiger partial charge in [-0.3, -0.25) is 14.4 Å². The van der Waals surface area contributed by atoms with Crippen LogP contribution in [0.2, 0.25) is 0 Å². The van der Waals surface area contributed by atoms with Crippen LogP contribution < -0.4 is 10.2 Å². The molecule has 7 nitrogen and oxygen atoms in total. The molecule has 0 radical (unpaired) electrons. The van der Waals surface area contributed by atoms with Crippen molar-refractivity contribution in [3.05, 3.63) is 24.3 Å². The number of rotatable bonds is 6. The Balaban J connectivity index is 1.61. The van der Waals surface area contributed by atoms with Crippen molar-refractivity contribution in [3.63, 3.8) is 0 Å². The number of carbonyl (C=O) groups is 3. The van der Waals surface area contributed by atoms with E-state index in [1.807, 2.05) is 24.3 Å². The summed E-state index contributed by atoms with van der Waals surface area (Å²) in [6, 6.07) is 7.76. The molecular weight excluding hydrogens is 356 g/mol. The van der Waals surface area contributed by atoms with Crippen LogP contribution in [-0.2, 0) is 14.4 Å². The fourth-order valence-corrected chi connectivity index (χ4v) is 3.79. The molecular formula is C21H30N4O3. The summed E-state index contributed by atoms with van der Waals surface area (Å²) < 4.78 is 0. The monoisotopic (exact) mass is 386 g/mol. The van der Waals surface area contributed by atoms with Gasteiger partial charge in [0, 0.05) is 57.6 Å². The molecule has 28 heavy (non-hydrogen) atoms. The minimum atomic E-state index is -0.935. The normalized spacial score (nSPS) is 17.8. The van der Waals surface area contributed by atoms with E-state index in [2.05, 4.69) is 24.1 Å². The lowest BCUT2D eigenvalue weighted by molar-refractivity contribution is -0.146. The molecule has 3 amide bonds. The summed E-state index contributed by atoms with van der Waals surface area (Å²) >= 11 is 0. The third-order valence-electron chi connectivity index (χ3n) is 5.86. The minimum absolute atomic E-state index is 0.0270. The lowest BCUT2D eigenvalue weighted by Crippen LogP contribution is -2.53. The Morgan fingerprint density at radius 1 is 0.964 bits per heavy atom. The summed E-state index contributed by atoms with van der Waals surface area (Å²) in [4.78, 5) is 43.0.